The van der Waals surface area contributed by atoms with Crippen molar-refractivity contribution in [2.24, 2.45) is 7.05 Å². The van der Waals surface area contributed by atoms with E-state index < -0.39 is 17.3 Å². The summed E-state index contributed by atoms with van der Waals surface area (Å²) in [5.74, 6) is -1.66. The number of pyridine rings is 2. The molecule has 1 aromatic carbocycles. The topological polar surface area (TPSA) is 72.2 Å². The maximum absolute atomic E-state index is 13.1. The van der Waals surface area contributed by atoms with Gasteiger partial charge in [-0.2, -0.15) is 0 Å². The molecule has 0 radical (unpaired) electrons. The standard InChI is InChI=1S/C16H11FN2O3/c1-19-14(16(21)22)13(9-2-4-10(17)5-3-9)12-8-18-7-6-11(12)15(19)20/h2-8H,1H3,(H,21,22). The molecule has 5 nitrogen and oxygen atoms in total. The van der Waals surface area contributed by atoms with Crippen LogP contribution in [-0.4, -0.2) is 20.6 Å². The summed E-state index contributed by atoms with van der Waals surface area (Å²) in [5, 5.41) is 10.3. The van der Waals surface area contributed by atoms with Gasteiger partial charge in [-0.25, -0.2) is 9.18 Å². The Morgan fingerprint density at radius 3 is 2.50 bits per heavy atom. The van der Waals surface area contributed by atoms with Crippen LogP contribution in [0.3, 0.4) is 0 Å². The van der Waals surface area contributed by atoms with Gasteiger partial charge in [-0.15, -0.1) is 0 Å². The number of carbonyl (C=O) groups is 1. The first-order valence-corrected chi connectivity index (χ1v) is 6.46. The quantitative estimate of drug-likeness (QED) is 0.788. The third-order valence-electron chi connectivity index (χ3n) is 3.53. The summed E-state index contributed by atoms with van der Waals surface area (Å²) in [7, 11) is 1.40. The van der Waals surface area contributed by atoms with Gasteiger partial charge in [0.25, 0.3) is 5.56 Å². The van der Waals surface area contributed by atoms with Crippen LogP contribution in [0.15, 0.2) is 47.5 Å². The SMILES string of the molecule is Cn1c(C(=O)O)c(-c2ccc(F)cc2)c2cnccc2c1=O. The van der Waals surface area contributed by atoms with E-state index in [0.29, 0.717) is 21.9 Å². The second-order valence-corrected chi connectivity index (χ2v) is 4.82. The number of nitrogens with zero attached hydrogens (tertiary/aromatic N) is 2. The van der Waals surface area contributed by atoms with Crippen LogP contribution >= 0.6 is 0 Å². The van der Waals surface area contributed by atoms with Crippen molar-refractivity contribution in [3.63, 3.8) is 0 Å². The third-order valence-corrected chi connectivity index (χ3v) is 3.53. The zero-order chi connectivity index (χ0) is 15.9. The second kappa shape index (κ2) is 5.07. The fraction of sp³-hybridized carbons (Fsp3) is 0.0625. The molecule has 110 valence electrons. The smallest absolute Gasteiger partial charge is 0.353 e. The molecule has 22 heavy (non-hydrogen) atoms. The van der Waals surface area contributed by atoms with Crippen LogP contribution in [0.4, 0.5) is 4.39 Å². The molecule has 0 fully saturated rings. The first-order chi connectivity index (χ1) is 10.5. The summed E-state index contributed by atoms with van der Waals surface area (Å²) < 4.78 is 14.2. The van der Waals surface area contributed by atoms with Crippen LogP contribution in [0.1, 0.15) is 10.5 Å². The van der Waals surface area contributed by atoms with E-state index in [-0.39, 0.29) is 5.69 Å². The highest BCUT2D eigenvalue weighted by molar-refractivity contribution is 6.05. The molecule has 0 saturated carbocycles. The predicted octanol–water partition coefficient (Wildman–Crippen LogP) is 2.44. The summed E-state index contributed by atoms with van der Waals surface area (Å²) in [4.78, 5) is 27.9. The average Bonchev–Trinajstić information content (AvgIpc) is 2.51. The number of benzene rings is 1. The van der Waals surface area contributed by atoms with Gasteiger partial charge < -0.3 is 9.67 Å². The lowest BCUT2D eigenvalue weighted by molar-refractivity contribution is 0.0686. The summed E-state index contributed by atoms with van der Waals surface area (Å²) in [6, 6.07) is 6.99. The van der Waals surface area contributed by atoms with E-state index in [0.717, 1.165) is 4.57 Å². The van der Waals surface area contributed by atoms with Crippen molar-refractivity contribution in [2.45, 2.75) is 0 Å². The van der Waals surface area contributed by atoms with Gasteiger partial charge in [-0.1, -0.05) is 12.1 Å². The van der Waals surface area contributed by atoms with E-state index in [9.17, 15) is 19.1 Å². The third kappa shape index (κ3) is 2.05. The minimum absolute atomic E-state index is 0.155. The largest absolute Gasteiger partial charge is 0.477 e. The molecule has 0 aliphatic rings. The van der Waals surface area contributed by atoms with E-state index in [1.54, 1.807) is 0 Å². The monoisotopic (exact) mass is 298 g/mol. The van der Waals surface area contributed by atoms with Gasteiger partial charge in [0.05, 0.1) is 5.39 Å². The fourth-order valence-electron chi connectivity index (χ4n) is 2.52. The molecular weight excluding hydrogens is 287 g/mol. The Morgan fingerprint density at radius 1 is 1.18 bits per heavy atom. The highest BCUT2D eigenvalue weighted by Gasteiger charge is 2.21. The number of rotatable bonds is 2. The number of fused-ring (bicyclic) bond motifs is 1. The van der Waals surface area contributed by atoms with Gasteiger partial charge in [0.15, 0.2) is 0 Å². The molecule has 0 bridgehead atoms. The van der Waals surface area contributed by atoms with Crippen LogP contribution < -0.4 is 5.56 Å². The summed E-state index contributed by atoms with van der Waals surface area (Å²) in [5.41, 5.74) is 0.280. The maximum atomic E-state index is 13.1. The first-order valence-electron chi connectivity index (χ1n) is 6.46. The maximum Gasteiger partial charge on any atom is 0.353 e. The van der Waals surface area contributed by atoms with Crippen molar-refractivity contribution in [3.05, 3.63) is 64.6 Å². The number of carboxylic acids is 1. The van der Waals surface area contributed by atoms with Crippen LogP contribution in [0.2, 0.25) is 0 Å². The van der Waals surface area contributed by atoms with Crippen LogP contribution in [0.25, 0.3) is 21.9 Å². The van der Waals surface area contributed by atoms with E-state index in [1.165, 1.54) is 49.8 Å². The fourth-order valence-corrected chi connectivity index (χ4v) is 2.52. The predicted molar refractivity (Wildman–Crippen MR) is 79.3 cm³/mol. The Kier molecular flexibility index (Phi) is 3.21. The molecule has 2 heterocycles. The average molecular weight is 298 g/mol. The lowest BCUT2D eigenvalue weighted by atomic mass is 9.98. The van der Waals surface area contributed by atoms with Gasteiger partial charge >= 0.3 is 5.97 Å². The Labute approximate surface area is 124 Å². The highest BCUT2D eigenvalue weighted by atomic mass is 19.1. The lowest BCUT2D eigenvalue weighted by Gasteiger charge is -2.14. The molecule has 0 aliphatic carbocycles. The molecule has 0 amide bonds. The molecule has 3 aromatic rings. The number of hydrogen-bond donors (Lipinski definition) is 1. The Morgan fingerprint density at radius 2 is 1.86 bits per heavy atom. The van der Waals surface area contributed by atoms with Gasteiger partial charge in [0, 0.05) is 30.4 Å². The normalized spacial score (nSPS) is 10.8. The Balaban J connectivity index is 2.53. The lowest BCUT2D eigenvalue weighted by Crippen LogP contribution is -2.24. The molecule has 3 rings (SSSR count). The Bertz CT molecular complexity index is 946. The minimum Gasteiger partial charge on any atom is -0.477 e. The number of aromatic nitrogens is 2. The number of carboxylic acid groups (broad SMARTS) is 1. The summed E-state index contributed by atoms with van der Waals surface area (Å²) in [6.45, 7) is 0. The molecule has 2 aromatic heterocycles. The van der Waals surface area contributed by atoms with E-state index in [1.807, 2.05) is 0 Å². The van der Waals surface area contributed by atoms with Crippen molar-refractivity contribution in [1.29, 1.82) is 0 Å². The van der Waals surface area contributed by atoms with Crippen molar-refractivity contribution in [2.75, 3.05) is 0 Å². The van der Waals surface area contributed by atoms with Crippen molar-refractivity contribution in [3.8, 4) is 11.1 Å². The molecule has 1 N–H and O–H groups in total. The van der Waals surface area contributed by atoms with Gasteiger partial charge in [0.2, 0.25) is 0 Å². The molecule has 0 unspecified atom stereocenters. The minimum atomic E-state index is -1.23. The zero-order valence-corrected chi connectivity index (χ0v) is 11.6. The molecule has 0 spiro atoms. The number of aromatic carboxylic acids is 1. The highest BCUT2D eigenvalue weighted by Crippen LogP contribution is 2.30. The second-order valence-electron chi connectivity index (χ2n) is 4.82. The molecule has 0 aliphatic heterocycles. The molecule has 6 heteroatoms. The first kappa shape index (κ1) is 13.9. The van der Waals surface area contributed by atoms with E-state index in [4.69, 9.17) is 0 Å². The number of halogens is 1. The van der Waals surface area contributed by atoms with Gasteiger partial charge in [-0.05, 0) is 23.8 Å². The number of hydrogen-bond acceptors (Lipinski definition) is 3. The van der Waals surface area contributed by atoms with Crippen LogP contribution in [-0.2, 0) is 7.05 Å². The Hall–Kier alpha value is -3.02. The van der Waals surface area contributed by atoms with Crippen molar-refractivity contribution < 1.29 is 14.3 Å². The van der Waals surface area contributed by atoms with E-state index >= 15 is 0 Å². The van der Waals surface area contributed by atoms with Crippen molar-refractivity contribution >= 4 is 16.7 Å². The molecular formula is C16H11FN2O3. The zero-order valence-electron chi connectivity index (χ0n) is 11.6. The van der Waals surface area contributed by atoms with Crippen LogP contribution in [0, 0.1) is 5.82 Å². The van der Waals surface area contributed by atoms with Crippen LogP contribution in [0.5, 0.6) is 0 Å². The molecule has 0 atom stereocenters. The van der Waals surface area contributed by atoms with E-state index in [2.05, 4.69) is 4.98 Å². The summed E-state index contributed by atoms with van der Waals surface area (Å²) >= 11 is 0. The summed E-state index contributed by atoms with van der Waals surface area (Å²) in [6.07, 6.45) is 2.92. The van der Waals surface area contributed by atoms with Crippen molar-refractivity contribution in [1.82, 2.24) is 9.55 Å². The van der Waals surface area contributed by atoms with Gasteiger partial charge in [-0.3, -0.25) is 9.78 Å². The van der Waals surface area contributed by atoms with Gasteiger partial charge in [0.1, 0.15) is 11.5 Å². The molecule has 0 saturated heterocycles.